The number of ether oxygens (including phenoxy) is 2. The molecule has 4 nitrogen and oxygen atoms in total. The summed E-state index contributed by atoms with van der Waals surface area (Å²) in [5.41, 5.74) is 0.554. The highest BCUT2D eigenvalue weighted by molar-refractivity contribution is 6.12. The Hall–Kier alpha value is -2.43. The normalized spacial score (nSPS) is 16.4. The van der Waals surface area contributed by atoms with E-state index < -0.39 is 11.8 Å². The highest BCUT2D eigenvalue weighted by Crippen LogP contribution is 2.26. The summed E-state index contributed by atoms with van der Waals surface area (Å²) in [7, 11) is 1.20. The Kier molecular flexibility index (Phi) is 3.23. The molecule has 0 bridgehead atoms. The topological polar surface area (TPSA) is 52.6 Å². The summed E-state index contributed by atoms with van der Waals surface area (Å²) in [4.78, 5) is 22.5. The van der Waals surface area contributed by atoms with Gasteiger partial charge in [-0.1, -0.05) is 0 Å². The lowest BCUT2D eigenvalue weighted by molar-refractivity contribution is -0.135. The molecule has 0 N–H and O–H groups in total. The third kappa shape index (κ3) is 2.45. The van der Waals surface area contributed by atoms with Gasteiger partial charge < -0.3 is 9.47 Å². The lowest BCUT2D eigenvalue weighted by Gasteiger charge is -2.03. The van der Waals surface area contributed by atoms with E-state index in [1.807, 2.05) is 0 Å². The van der Waals surface area contributed by atoms with Gasteiger partial charge in [0.15, 0.2) is 5.76 Å². The van der Waals surface area contributed by atoms with E-state index in [1.54, 1.807) is 0 Å². The second-order valence-corrected chi connectivity index (χ2v) is 3.51. The molecule has 1 aliphatic rings. The van der Waals surface area contributed by atoms with E-state index in [0.29, 0.717) is 5.56 Å². The Bertz CT molecular complexity index is 555. The number of methoxy groups -OCH3 is 1. The molecule has 1 aliphatic heterocycles. The molecule has 0 saturated carbocycles. The van der Waals surface area contributed by atoms with Gasteiger partial charge in [0.2, 0.25) is 5.78 Å². The number of carbonyl (C=O) groups excluding carboxylic acids is 2. The van der Waals surface area contributed by atoms with Crippen molar-refractivity contribution in [2.24, 2.45) is 0 Å². The molecule has 0 aliphatic carbocycles. The Morgan fingerprint density at radius 1 is 1.33 bits per heavy atom. The molecule has 0 atom stereocenters. The fourth-order valence-electron chi connectivity index (χ4n) is 1.41. The van der Waals surface area contributed by atoms with Gasteiger partial charge in [0.05, 0.1) is 13.2 Å². The summed E-state index contributed by atoms with van der Waals surface area (Å²) in [5, 5.41) is 0. The zero-order valence-electron chi connectivity index (χ0n) is 9.48. The number of rotatable bonds is 2. The van der Waals surface area contributed by atoms with E-state index in [2.05, 4.69) is 4.74 Å². The lowest BCUT2D eigenvalue weighted by Crippen LogP contribution is -2.01. The van der Waals surface area contributed by atoms with Crippen LogP contribution in [-0.4, -0.2) is 18.9 Å². The summed E-state index contributed by atoms with van der Waals surface area (Å²) in [6.45, 7) is 0. The number of ketones is 1. The van der Waals surface area contributed by atoms with Crippen molar-refractivity contribution in [3.8, 4) is 0 Å². The molecule has 0 spiro atoms. The zero-order valence-corrected chi connectivity index (χ0v) is 9.48. The molecule has 5 heteroatoms. The van der Waals surface area contributed by atoms with Crippen LogP contribution in [0.2, 0.25) is 0 Å². The molecule has 92 valence electrons. The molecule has 1 heterocycles. The van der Waals surface area contributed by atoms with Crippen LogP contribution in [0.4, 0.5) is 4.39 Å². The minimum Gasteiger partial charge on any atom is -0.466 e. The fourth-order valence-corrected chi connectivity index (χ4v) is 1.41. The molecule has 0 fully saturated rings. The van der Waals surface area contributed by atoms with Gasteiger partial charge >= 0.3 is 5.97 Å². The Labute approximate surface area is 102 Å². The van der Waals surface area contributed by atoms with Gasteiger partial charge in [-0.2, -0.15) is 0 Å². The summed E-state index contributed by atoms with van der Waals surface area (Å²) < 4.78 is 22.4. The van der Waals surface area contributed by atoms with Gasteiger partial charge in [0.25, 0.3) is 0 Å². The van der Waals surface area contributed by atoms with Crippen molar-refractivity contribution in [3.05, 3.63) is 53.6 Å². The van der Waals surface area contributed by atoms with Gasteiger partial charge in [-0.3, -0.25) is 4.79 Å². The molecule has 0 aromatic heterocycles. The van der Waals surface area contributed by atoms with Crippen LogP contribution in [0.3, 0.4) is 0 Å². The molecule has 1 aromatic carbocycles. The summed E-state index contributed by atoms with van der Waals surface area (Å²) in [6, 6.07) is 5.48. The van der Waals surface area contributed by atoms with Crippen LogP contribution < -0.4 is 0 Å². The third-order valence-corrected chi connectivity index (χ3v) is 2.30. The van der Waals surface area contributed by atoms with Crippen molar-refractivity contribution in [2.75, 3.05) is 7.11 Å². The predicted octanol–water partition coefficient (Wildman–Crippen LogP) is 1.82. The molecule has 0 saturated heterocycles. The Morgan fingerprint density at radius 3 is 2.61 bits per heavy atom. The first-order valence-electron chi connectivity index (χ1n) is 5.09. The van der Waals surface area contributed by atoms with Crippen molar-refractivity contribution >= 4 is 17.5 Å². The van der Waals surface area contributed by atoms with E-state index >= 15 is 0 Å². The summed E-state index contributed by atoms with van der Waals surface area (Å²) in [6.07, 6.45) is 2.21. The highest BCUT2D eigenvalue weighted by Gasteiger charge is 2.23. The quantitative estimate of drug-likeness (QED) is 0.591. The first-order chi connectivity index (χ1) is 8.60. The first-order valence-corrected chi connectivity index (χ1v) is 5.09. The highest BCUT2D eigenvalue weighted by atomic mass is 19.1. The van der Waals surface area contributed by atoms with E-state index in [4.69, 9.17) is 4.74 Å². The number of benzene rings is 1. The van der Waals surface area contributed by atoms with Crippen molar-refractivity contribution in [2.45, 2.75) is 0 Å². The first kappa shape index (κ1) is 12.0. The number of hydrogen-bond donors (Lipinski definition) is 0. The molecule has 0 unspecified atom stereocenters. The van der Waals surface area contributed by atoms with Gasteiger partial charge in [-0.15, -0.1) is 0 Å². The van der Waals surface area contributed by atoms with Crippen molar-refractivity contribution in [1.82, 2.24) is 0 Å². The standard InChI is InChI=1S/C13H9FO4/c1-17-13(16)7-12-10(15)6-11(18-12)8-2-4-9(14)5-3-8/h2-7H,1H3/b12-7+. The maximum Gasteiger partial charge on any atom is 0.334 e. The van der Waals surface area contributed by atoms with Crippen LogP contribution in [-0.2, 0) is 19.1 Å². The molecule has 0 amide bonds. The van der Waals surface area contributed by atoms with Gasteiger partial charge in [0, 0.05) is 11.6 Å². The Morgan fingerprint density at radius 2 is 2.00 bits per heavy atom. The van der Waals surface area contributed by atoms with Crippen molar-refractivity contribution < 1.29 is 23.5 Å². The number of carbonyl (C=O) groups is 2. The average Bonchev–Trinajstić information content (AvgIpc) is 2.71. The lowest BCUT2D eigenvalue weighted by atomic mass is 10.2. The summed E-state index contributed by atoms with van der Waals surface area (Å²) >= 11 is 0. The molecule has 1 aromatic rings. The smallest absolute Gasteiger partial charge is 0.334 e. The van der Waals surface area contributed by atoms with Crippen LogP contribution in [0.1, 0.15) is 5.56 Å². The number of esters is 1. The van der Waals surface area contributed by atoms with E-state index in [1.165, 1.54) is 37.5 Å². The van der Waals surface area contributed by atoms with Gasteiger partial charge in [0.1, 0.15) is 11.6 Å². The maximum absolute atomic E-state index is 12.7. The second-order valence-electron chi connectivity index (χ2n) is 3.51. The Balaban J connectivity index is 2.22. The predicted molar refractivity (Wildman–Crippen MR) is 60.6 cm³/mol. The van der Waals surface area contributed by atoms with Crippen LogP contribution in [0.15, 0.2) is 42.2 Å². The SMILES string of the molecule is COC(=O)/C=C1/OC(c2ccc(F)cc2)=CC1=O. The van der Waals surface area contributed by atoms with Crippen LogP contribution in [0.5, 0.6) is 0 Å². The van der Waals surface area contributed by atoms with E-state index in [0.717, 1.165) is 6.08 Å². The van der Waals surface area contributed by atoms with Gasteiger partial charge in [-0.05, 0) is 24.3 Å². The van der Waals surface area contributed by atoms with Crippen molar-refractivity contribution in [3.63, 3.8) is 0 Å². The van der Waals surface area contributed by atoms with Crippen LogP contribution in [0, 0.1) is 5.82 Å². The maximum atomic E-state index is 12.7. The fraction of sp³-hybridized carbons (Fsp3) is 0.0769. The zero-order chi connectivity index (χ0) is 13.1. The van der Waals surface area contributed by atoms with Crippen LogP contribution in [0.25, 0.3) is 5.76 Å². The van der Waals surface area contributed by atoms with E-state index in [-0.39, 0.29) is 17.3 Å². The molecular formula is C13H9FO4. The van der Waals surface area contributed by atoms with Crippen LogP contribution >= 0.6 is 0 Å². The monoisotopic (exact) mass is 248 g/mol. The number of hydrogen-bond acceptors (Lipinski definition) is 4. The largest absolute Gasteiger partial charge is 0.466 e. The van der Waals surface area contributed by atoms with E-state index in [9.17, 15) is 14.0 Å². The van der Waals surface area contributed by atoms with Crippen molar-refractivity contribution in [1.29, 1.82) is 0 Å². The third-order valence-electron chi connectivity index (χ3n) is 2.30. The van der Waals surface area contributed by atoms with Gasteiger partial charge in [-0.25, -0.2) is 9.18 Å². The summed E-state index contributed by atoms with van der Waals surface area (Å²) in [5.74, 6) is -1.32. The minimum absolute atomic E-state index is 0.110. The minimum atomic E-state index is -0.674. The average molecular weight is 248 g/mol. The molecular weight excluding hydrogens is 239 g/mol. The second kappa shape index (κ2) is 4.83. The molecule has 2 rings (SSSR count). The molecule has 18 heavy (non-hydrogen) atoms. The molecule has 0 radical (unpaired) electrons. The number of halogens is 1. The number of allylic oxidation sites excluding steroid dienone is 1.